The monoisotopic (exact) mass is 385 g/mol. The molecule has 1 aromatic carbocycles. The summed E-state index contributed by atoms with van der Waals surface area (Å²) < 4.78 is 67.9. The normalized spacial score (nSPS) is 18.0. The van der Waals surface area contributed by atoms with E-state index in [9.17, 15) is 26.7 Å². The van der Waals surface area contributed by atoms with Crippen LogP contribution in [-0.4, -0.2) is 55.7 Å². The fourth-order valence-corrected chi connectivity index (χ4v) is 2.75. The Balaban J connectivity index is 2.07. The molecule has 0 aromatic heterocycles. The predicted octanol–water partition coefficient (Wildman–Crippen LogP) is 2.38. The minimum atomic E-state index is -4.64. The van der Waals surface area contributed by atoms with Crippen molar-refractivity contribution < 1.29 is 26.7 Å². The molecule has 1 amide bonds. The number of nitrogens with one attached hydrogen (secondary N) is 2. The van der Waals surface area contributed by atoms with Crippen molar-refractivity contribution in [1.82, 2.24) is 15.5 Å². The Hall–Kier alpha value is -1.45. The van der Waals surface area contributed by atoms with Gasteiger partial charge in [0.2, 0.25) is 0 Å². The van der Waals surface area contributed by atoms with E-state index in [-0.39, 0.29) is 18.1 Å². The summed E-state index contributed by atoms with van der Waals surface area (Å²) in [6.45, 7) is 0.00631. The van der Waals surface area contributed by atoms with Crippen molar-refractivity contribution >= 4 is 17.5 Å². The Kier molecular flexibility index (Phi) is 6.23. The number of benzene rings is 1. The molecule has 10 heteroatoms. The third-order valence-corrected chi connectivity index (χ3v) is 4.13. The molecule has 1 aliphatic rings. The van der Waals surface area contributed by atoms with Crippen molar-refractivity contribution in [1.29, 1.82) is 0 Å². The van der Waals surface area contributed by atoms with Crippen molar-refractivity contribution in [2.75, 3.05) is 32.7 Å². The highest BCUT2D eigenvalue weighted by molar-refractivity contribution is 6.30. The van der Waals surface area contributed by atoms with Crippen molar-refractivity contribution in [2.24, 2.45) is 0 Å². The maximum absolute atomic E-state index is 14.1. The number of amides is 1. The lowest BCUT2D eigenvalue weighted by Gasteiger charge is -2.36. The summed E-state index contributed by atoms with van der Waals surface area (Å²) >= 11 is 5.62. The molecular weight excluding hydrogens is 369 g/mol. The number of carbonyl (C=O) groups is 1. The van der Waals surface area contributed by atoms with Crippen LogP contribution in [0.3, 0.4) is 0 Å². The van der Waals surface area contributed by atoms with Crippen LogP contribution in [0.5, 0.6) is 0 Å². The second kappa shape index (κ2) is 7.84. The second-order valence-electron chi connectivity index (χ2n) is 5.64. The molecule has 140 valence electrons. The molecule has 1 fully saturated rings. The van der Waals surface area contributed by atoms with Crippen LogP contribution in [0.15, 0.2) is 24.3 Å². The number of halogens is 6. The molecular formula is C15H17ClF5N3O. The summed E-state index contributed by atoms with van der Waals surface area (Å²) in [4.78, 5) is 12.9. The maximum atomic E-state index is 14.1. The van der Waals surface area contributed by atoms with Crippen molar-refractivity contribution in [3.63, 3.8) is 0 Å². The Morgan fingerprint density at radius 2 is 1.88 bits per heavy atom. The van der Waals surface area contributed by atoms with E-state index >= 15 is 0 Å². The first-order valence-corrected chi connectivity index (χ1v) is 7.94. The zero-order chi connectivity index (χ0) is 18.7. The molecule has 0 radical (unpaired) electrons. The van der Waals surface area contributed by atoms with Crippen LogP contribution in [0.4, 0.5) is 22.0 Å². The average Bonchev–Trinajstić information content (AvgIpc) is 2.54. The van der Waals surface area contributed by atoms with Gasteiger partial charge in [0.05, 0.1) is 0 Å². The Bertz CT molecular complexity index is 605. The van der Waals surface area contributed by atoms with Crippen LogP contribution in [0, 0.1) is 0 Å². The van der Waals surface area contributed by atoms with Crippen LogP contribution in [0.2, 0.25) is 5.02 Å². The molecule has 1 heterocycles. The third-order valence-electron chi connectivity index (χ3n) is 3.90. The van der Waals surface area contributed by atoms with Crippen molar-refractivity contribution in [3.05, 3.63) is 34.9 Å². The summed E-state index contributed by atoms with van der Waals surface area (Å²) in [5.74, 6) is -5.77. The highest BCUT2D eigenvalue weighted by Gasteiger charge is 2.46. The minimum absolute atomic E-state index is 0.000963. The van der Waals surface area contributed by atoms with E-state index in [4.69, 9.17) is 11.6 Å². The van der Waals surface area contributed by atoms with Gasteiger partial charge in [-0.1, -0.05) is 23.7 Å². The van der Waals surface area contributed by atoms with Gasteiger partial charge < -0.3 is 10.6 Å². The van der Waals surface area contributed by atoms with Crippen LogP contribution >= 0.6 is 11.6 Å². The quantitative estimate of drug-likeness (QED) is 0.765. The molecule has 2 N–H and O–H groups in total. The molecule has 1 atom stereocenters. The van der Waals surface area contributed by atoms with Crippen LogP contribution in [-0.2, 0) is 10.7 Å². The van der Waals surface area contributed by atoms with Gasteiger partial charge in [-0.15, -0.1) is 0 Å². The Labute approximate surface area is 146 Å². The van der Waals surface area contributed by atoms with Crippen LogP contribution < -0.4 is 10.6 Å². The lowest BCUT2D eigenvalue weighted by molar-refractivity contribution is -0.185. The van der Waals surface area contributed by atoms with Gasteiger partial charge in [-0.2, -0.15) is 22.0 Å². The second-order valence-corrected chi connectivity index (χ2v) is 6.07. The molecule has 1 aliphatic heterocycles. The largest absolute Gasteiger partial charge is 0.405 e. The van der Waals surface area contributed by atoms with Gasteiger partial charge in [-0.3, -0.25) is 9.69 Å². The number of rotatable bonds is 5. The average molecular weight is 386 g/mol. The van der Waals surface area contributed by atoms with E-state index in [1.165, 1.54) is 12.1 Å². The molecule has 4 nitrogen and oxygen atoms in total. The third kappa shape index (κ3) is 5.02. The fraction of sp³-hybridized carbons (Fsp3) is 0.533. The van der Waals surface area contributed by atoms with Crippen LogP contribution in [0.25, 0.3) is 0 Å². The van der Waals surface area contributed by atoms with E-state index in [0.29, 0.717) is 13.1 Å². The van der Waals surface area contributed by atoms with Crippen molar-refractivity contribution in [2.45, 2.75) is 18.1 Å². The van der Waals surface area contributed by atoms with E-state index in [1.807, 2.05) is 0 Å². The van der Waals surface area contributed by atoms with Gasteiger partial charge in [0.15, 0.2) is 0 Å². The van der Waals surface area contributed by atoms with E-state index in [2.05, 4.69) is 5.32 Å². The van der Waals surface area contributed by atoms with Gasteiger partial charge in [-0.25, -0.2) is 0 Å². The van der Waals surface area contributed by atoms with Gasteiger partial charge >= 0.3 is 12.1 Å². The standard InChI is InChI=1S/C15H17ClF5N3O/c16-11-3-1-2-10(8-11)14(17,18)13(25)23-9-12(15(19,20)21)24-6-4-22-5-7-24/h1-3,8,12,22H,4-7,9H2,(H,23,25). The number of nitrogens with zero attached hydrogens (tertiary/aromatic N) is 1. The highest BCUT2D eigenvalue weighted by atomic mass is 35.5. The summed E-state index contributed by atoms with van der Waals surface area (Å²) in [5, 5.41) is 4.64. The lowest BCUT2D eigenvalue weighted by Crippen LogP contribution is -2.58. The van der Waals surface area contributed by atoms with E-state index in [1.54, 1.807) is 5.32 Å². The first kappa shape index (κ1) is 19.9. The molecule has 1 aromatic rings. The van der Waals surface area contributed by atoms with E-state index in [0.717, 1.165) is 17.0 Å². The lowest BCUT2D eigenvalue weighted by atomic mass is 10.1. The molecule has 0 saturated carbocycles. The molecule has 1 unspecified atom stereocenters. The zero-order valence-electron chi connectivity index (χ0n) is 13.0. The molecule has 0 bridgehead atoms. The molecule has 1 saturated heterocycles. The number of piperazine rings is 1. The van der Waals surface area contributed by atoms with Gasteiger partial charge in [0.1, 0.15) is 6.04 Å². The first-order chi connectivity index (χ1) is 11.6. The first-order valence-electron chi connectivity index (χ1n) is 7.56. The summed E-state index contributed by atoms with van der Waals surface area (Å²) in [5.41, 5.74) is -0.678. The van der Waals surface area contributed by atoms with E-state index < -0.39 is 36.2 Å². The summed E-state index contributed by atoms with van der Waals surface area (Å²) in [7, 11) is 0. The zero-order valence-corrected chi connectivity index (χ0v) is 13.8. The van der Waals surface area contributed by atoms with Gasteiger partial charge in [-0.05, 0) is 12.1 Å². The Morgan fingerprint density at radius 1 is 1.24 bits per heavy atom. The SMILES string of the molecule is O=C(NCC(N1CCNCC1)C(F)(F)F)C(F)(F)c1cccc(Cl)c1. The maximum Gasteiger partial charge on any atom is 0.405 e. The number of alkyl halides is 5. The smallest absolute Gasteiger partial charge is 0.349 e. The fourth-order valence-electron chi connectivity index (χ4n) is 2.56. The predicted molar refractivity (Wildman–Crippen MR) is 82.6 cm³/mol. The molecule has 2 rings (SSSR count). The van der Waals surface area contributed by atoms with Crippen molar-refractivity contribution in [3.8, 4) is 0 Å². The van der Waals surface area contributed by atoms with Gasteiger partial charge in [0, 0.05) is 43.3 Å². The summed E-state index contributed by atoms with van der Waals surface area (Å²) in [6.07, 6.45) is -4.64. The number of hydrogen-bond acceptors (Lipinski definition) is 3. The topological polar surface area (TPSA) is 44.4 Å². The minimum Gasteiger partial charge on any atom is -0.349 e. The van der Waals surface area contributed by atoms with Gasteiger partial charge in [0.25, 0.3) is 5.91 Å². The van der Waals surface area contributed by atoms with Crippen LogP contribution in [0.1, 0.15) is 5.56 Å². The Morgan fingerprint density at radius 3 is 2.44 bits per heavy atom. The molecule has 0 spiro atoms. The number of carbonyl (C=O) groups excluding carboxylic acids is 1. The number of hydrogen-bond donors (Lipinski definition) is 2. The molecule has 0 aliphatic carbocycles. The highest BCUT2D eigenvalue weighted by Crippen LogP contribution is 2.30. The molecule has 25 heavy (non-hydrogen) atoms. The summed E-state index contributed by atoms with van der Waals surface area (Å²) in [6, 6.07) is 2.46.